The summed E-state index contributed by atoms with van der Waals surface area (Å²) in [6.45, 7) is 3.67. The molecule has 0 aromatic rings. The van der Waals surface area contributed by atoms with Crippen LogP contribution in [0.3, 0.4) is 0 Å². The van der Waals surface area contributed by atoms with Gasteiger partial charge in [0.15, 0.2) is 6.29 Å². The molecule has 7 N–H and O–H groups in total. The molecule has 1 aliphatic heterocycles. The van der Waals surface area contributed by atoms with Gasteiger partial charge >= 0.3 is 0 Å². The lowest BCUT2D eigenvalue weighted by molar-refractivity contribution is -0.303. The van der Waals surface area contributed by atoms with Crippen molar-refractivity contribution in [2.24, 2.45) is 0 Å². The van der Waals surface area contributed by atoms with Crippen LogP contribution in [0.5, 0.6) is 0 Å². The number of nitrogens with one attached hydrogen (secondary N) is 1. The molecule has 0 radical (unpaired) electrons. The predicted molar refractivity (Wildman–Crippen MR) is 320 cm³/mol. The van der Waals surface area contributed by atoms with Gasteiger partial charge in [-0.1, -0.05) is 335 Å². The SMILES string of the molecule is CCCCCCCCCCCCCCCCCCCCCCCCCCCCCCCCCCCCCCC(=O)N[C@@H](CO[C@@H]1O[C@H](CO)[C@@H](O)C(O)C1O)[C@H](O)[C@H](O)CCCCCCCCCCCCCCCCC. The Morgan fingerprint density at radius 2 is 0.684 bits per heavy atom. The van der Waals surface area contributed by atoms with E-state index < -0.39 is 55.6 Å². The lowest BCUT2D eigenvalue weighted by Gasteiger charge is -2.40. The highest BCUT2D eigenvalue weighted by atomic mass is 16.7. The van der Waals surface area contributed by atoms with Gasteiger partial charge in [-0.05, 0) is 12.8 Å². The average Bonchev–Trinajstić information content (AvgIpc) is 3.42. The molecule has 0 saturated carbocycles. The van der Waals surface area contributed by atoms with Gasteiger partial charge in [0.1, 0.15) is 30.5 Å². The quantitative estimate of drug-likeness (QED) is 0.0293. The number of rotatable bonds is 60. The first-order valence-corrected chi connectivity index (χ1v) is 33.8. The van der Waals surface area contributed by atoms with Crippen molar-refractivity contribution < 1.29 is 44.9 Å². The maximum absolute atomic E-state index is 13.1. The number of aliphatic hydroxyl groups is 6. The largest absolute Gasteiger partial charge is 0.394 e. The van der Waals surface area contributed by atoms with Crippen LogP contribution in [0, 0.1) is 0 Å². The highest BCUT2D eigenvalue weighted by molar-refractivity contribution is 5.76. The Kier molecular flexibility index (Phi) is 53.9. The number of hydrogen-bond donors (Lipinski definition) is 7. The Morgan fingerprint density at radius 1 is 0.408 bits per heavy atom. The highest BCUT2D eigenvalue weighted by Gasteiger charge is 2.44. The lowest BCUT2D eigenvalue weighted by Crippen LogP contribution is -2.60. The third-order valence-corrected chi connectivity index (χ3v) is 16.8. The van der Waals surface area contributed by atoms with E-state index in [1.54, 1.807) is 0 Å². The average molecular weight is 1080 g/mol. The zero-order valence-corrected chi connectivity index (χ0v) is 50.4. The molecule has 1 heterocycles. The first-order chi connectivity index (χ1) is 37.3. The molecule has 1 amide bonds. The Hall–Kier alpha value is -0.850. The minimum atomic E-state index is -1.60. The third kappa shape index (κ3) is 43.9. The first-order valence-electron chi connectivity index (χ1n) is 33.8. The summed E-state index contributed by atoms with van der Waals surface area (Å²) in [6, 6.07) is -0.987. The fourth-order valence-electron chi connectivity index (χ4n) is 11.4. The van der Waals surface area contributed by atoms with Crippen molar-refractivity contribution in [3.8, 4) is 0 Å². The number of aliphatic hydroxyl groups excluding tert-OH is 6. The molecule has 10 heteroatoms. The van der Waals surface area contributed by atoms with Crippen molar-refractivity contribution in [2.75, 3.05) is 13.2 Å². The number of carbonyl (C=O) groups excluding carboxylic acids is 1. The minimum Gasteiger partial charge on any atom is -0.394 e. The zero-order chi connectivity index (χ0) is 55.2. The molecule has 76 heavy (non-hydrogen) atoms. The molecule has 454 valence electrons. The van der Waals surface area contributed by atoms with Crippen molar-refractivity contribution in [1.29, 1.82) is 0 Å². The van der Waals surface area contributed by atoms with Crippen molar-refractivity contribution in [2.45, 2.75) is 403 Å². The first kappa shape index (κ1) is 73.2. The smallest absolute Gasteiger partial charge is 0.220 e. The van der Waals surface area contributed by atoms with E-state index in [4.69, 9.17) is 9.47 Å². The molecule has 1 rings (SSSR count). The Bertz CT molecular complexity index is 1180. The molecular formula is C66H131NO9. The van der Waals surface area contributed by atoms with Crippen molar-refractivity contribution >= 4 is 5.91 Å². The van der Waals surface area contributed by atoms with Gasteiger partial charge in [-0.25, -0.2) is 0 Å². The second-order valence-corrected chi connectivity index (χ2v) is 24.1. The number of unbranched alkanes of at least 4 members (excludes halogenated alkanes) is 49. The second-order valence-electron chi connectivity index (χ2n) is 24.1. The maximum Gasteiger partial charge on any atom is 0.220 e. The van der Waals surface area contributed by atoms with Gasteiger partial charge in [0, 0.05) is 6.42 Å². The normalized spacial score (nSPS) is 19.1. The molecule has 0 aliphatic carbocycles. The van der Waals surface area contributed by atoms with Crippen LogP contribution in [0.1, 0.15) is 354 Å². The zero-order valence-electron chi connectivity index (χ0n) is 50.4. The van der Waals surface area contributed by atoms with Gasteiger partial charge in [0.25, 0.3) is 0 Å². The van der Waals surface area contributed by atoms with Crippen molar-refractivity contribution in [1.82, 2.24) is 5.32 Å². The monoisotopic (exact) mass is 1080 g/mol. The summed E-state index contributed by atoms with van der Waals surface area (Å²) in [6.07, 6.45) is 58.9. The molecule has 0 aromatic carbocycles. The molecule has 1 aliphatic rings. The summed E-state index contributed by atoms with van der Waals surface area (Å²) >= 11 is 0. The number of amides is 1. The van der Waals surface area contributed by atoms with Crippen LogP contribution in [0.4, 0.5) is 0 Å². The van der Waals surface area contributed by atoms with Gasteiger partial charge in [-0.15, -0.1) is 0 Å². The summed E-state index contributed by atoms with van der Waals surface area (Å²) < 4.78 is 11.2. The van der Waals surface area contributed by atoms with Crippen LogP contribution in [0.15, 0.2) is 0 Å². The molecule has 10 nitrogen and oxygen atoms in total. The summed E-state index contributed by atoms with van der Waals surface area (Å²) in [4.78, 5) is 13.1. The van der Waals surface area contributed by atoms with E-state index in [9.17, 15) is 35.4 Å². The van der Waals surface area contributed by atoms with Crippen LogP contribution in [-0.4, -0.2) is 98.7 Å². The topological polar surface area (TPSA) is 169 Å². The van der Waals surface area contributed by atoms with Crippen LogP contribution < -0.4 is 5.32 Å². The predicted octanol–water partition coefficient (Wildman–Crippen LogP) is 16.7. The molecule has 0 aromatic heterocycles. The van der Waals surface area contributed by atoms with Crippen molar-refractivity contribution in [3.63, 3.8) is 0 Å². The highest BCUT2D eigenvalue weighted by Crippen LogP contribution is 2.24. The van der Waals surface area contributed by atoms with Gasteiger partial charge in [-0.3, -0.25) is 4.79 Å². The second kappa shape index (κ2) is 56.0. The maximum atomic E-state index is 13.1. The van der Waals surface area contributed by atoms with E-state index in [1.807, 2.05) is 0 Å². The summed E-state index contributed by atoms with van der Waals surface area (Å²) in [7, 11) is 0. The fraction of sp³-hybridized carbons (Fsp3) is 0.985. The van der Waals surface area contributed by atoms with Crippen LogP contribution >= 0.6 is 0 Å². The van der Waals surface area contributed by atoms with Crippen LogP contribution in [0.2, 0.25) is 0 Å². The third-order valence-electron chi connectivity index (χ3n) is 16.8. The van der Waals surface area contributed by atoms with Crippen LogP contribution in [0.25, 0.3) is 0 Å². The van der Waals surface area contributed by atoms with Gasteiger partial charge in [-0.2, -0.15) is 0 Å². The van der Waals surface area contributed by atoms with Crippen molar-refractivity contribution in [3.05, 3.63) is 0 Å². The van der Waals surface area contributed by atoms with E-state index >= 15 is 0 Å². The molecule has 1 fully saturated rings. The molecule has 1 saturated heterocycles. The standard InChI is InChI=1S/C66H131NO9/c1-3-5-7-9-11-13-15-17-19-20-21-22-23-24-25-26-27-28-29-30-31-32-33-34-35-36-37-38-39-41-43-45-47-49-51-53-55-61(70)67-58(57-75-66-65(74)64(73)63(72)60(56-68)76-66)62(71)59(69)54-52-50-48-46-44-42-40-18-16-14-12-10-8-6-4-2/h58-60,62-66,68-69,71-74H,3-57H2,1-2H3,(H,67,70)/t58-,59+,60+,62-,63+,64?,65?,66+/m0/s1. The summed E-state index contributed by atoms with van der Waals surface area (Å²) in [5.41, 5.74) is 0. The number of carbonyl (C=O) groups is 1. The van der Waals surface area contributed by atoms with E-state index in [2.05, 4.69) is 19.2 Å². The summed E-state index contributed by atoms with van der Waals surface area (Å²) in [5, 5.41) is 65.7. The Labute approximate surface area is 470 Å². The number of hydrogen-bond acceptors (Lipinski definition) is 9. The van der Waals surface area contributed by atoms with Gasteiger partial charge in [0.2, 0.25) is 5.91 Å². The van der Waals surface area contributed by atoms with E-state index in [-0.39, 0.29) is 18.9 Å². The molecular weight excluding hydrogens is 951 g/mol. The van der Waals surface area contributed by atoms with E-state index in [0.717, 1.165) is 38.5 Å². The Morgan fingerprint density at radius 3 is 0.974 bits per heavy atom. The van der Waals surface area contributed by atoms with E-state index in [0.29, 0.717) is 6.42 Å². The van der Waals surface area contributed by atoms with Crippen LogP contribution in [-0.2, 0) is 14.3 Å². The van der Waals surface area contributed by atoms with E-state index in [1.165, 1.54) is 289 Å². The molecule has 0 bridgehead atoms. The molecule has 2 unspecified atom stereocenters. The minimum absolute atomic E-state index is 0.248. The molecule has 8 atom stereocenters. The Balaban J connectivity index is 2.07. The fourth-order valence-corrected chi connectivity index (χ4v) is 11.4. The lowest BCUT2D eigenvalue weighted by atomic mass is 9.98. The number of ether oxygens (including phenoxy) is 2. The summed E-state index contributed by atoms with van der Waals surface area (Å²) in [5.74, 6) is -0.248. The van der Waals surface area contributed by atoms with Gasteiger partial charge in [0.05, 0.1) is 25.4 Å². The van der Waals surface area contributed by atoms with Gasteiger partial charge < -0.3 is 45.4 Å². The molecule has 0 spiro atoms.